The number of carbonyl (C=O) groups is 1. The van der Waals surface area contributed by atoms with Crippen molar-refractivity contribution in [1.82, 2.24) is 5.43 Å². The van der Waals surface area contributed by atoms with E-state index in [-0.39, 0.29) is 5.91 Å². The number of rotatable bonds is 1. The lowest BCUT2D eigenvalue weighted by atomic mass is 10.2. The van der Waals surface area contributed by atoms with Crippen LogP contribution in [0.2, 0.25) is 0 Å². The van der Waals surface area contributed by atoms with E-state index >= 15 is 0 Å². The molecule has 0 bridgehead atoms. The molecule has 1 aromatic rings. The monoisotopic (exact) mass is 271 g/mol. The molecule has 0 aromatic heterocycles. The Bertz CT molecular complexity index is 550. The molecule has 2 heterocycles. The molecule has 1 saturated heterocycles. The van der Waals surface area contributed by atoms with Gasteiger partial charge in [-0.1, -0.05) is 18.2 Å². The van der Waals surface area contributed by atoms with Gasteiger partial charge in [0.25, 0.3) is 11.7 Å². The zero-order valence-corrected chi connectivity index (χ0v) is 11.4. The fourth-order valence-electron chi connectivity index (χ4n) is 2.48. The van der Waals surface area contributed by atoms with Crippen LogP contribution in [0.1, 0.15) is 32.1 Å². The SMILES string of the molecule is O=C1CC(=NC2=[NH+]CCCCC2)NN1c1ccccc1. The Balaban J connectivity index is 1.74. The predicted molar refractivity (Wildman–Crippen MR) is 78.4 cm³/mol. The second-order valence-electron chi connectivity index (χ2n) is 5.10. The molecule has 0 unspecified atom stereocenters. The predicted octanol–water partition coefficient (Wildman–Crippen LogP) is 0.380. The number of benzene rings is 1. The van der Waals surface area contributed by atoms with Crippen molar-refractivity contribution in [2.45, 2.75) is 32.1 Å². The second-order valence-corrected chi connectivity index (χ2v) is 5.10. The third-order valence-corrected chi connectivity index (χ3v) is 3.51. The van der Waals surface area contributed by atoms with Gasteiger partial charge in [-0.3, -0.25) is 15.2 Å². The Morgan fingerprint density at radius 2 is 2.00 bits per heavy atom. The minimum Gasteiger partial charge on any atom is -0.275 e. The lowest BCUT2D eigenvalue weighted by Gasteiger charge is -2.14. The first kappa shape index (κ1) is 12.8. The summed E-state index contributed by atoms with van der Waals surface area (Å²) in [4.78, 5) is 20.0. The molecule has 5 heteroatoms. The van der Waals surface area contributed by atoms with E-state index in [4.69, 9.17) is 0 Å². The number of hydrogen-bond donors (Lipinski definition) is 2. The van der Waals surface area contributed by atoms with Gasteiger partial charge in [-0.05, 0) is 36.4 Å². The van der Waals surface area contributed by atoms with Crippen molar-refractivity contribution in [3.63, 3.8) is 0 Å². The number of amides is 1. The highest BCUT2D eigenvalue weighted by molar-refractivity contribution is 6.15. The number of nitrogens with zero attached hydrogens (tertiary/aromatic N) is 2. The zero-order valence-electron chi connectivity index (χ0n) is 11.4. The van der Waals surface area contributed by atoms with E-state index in [1.807, 2.05) is 30.3 Å². The summed E-state index contributed by atoms with van der Waals surface area (Å²) in [6.07, 6.45) is 4.89. The molecular formula is C15H19N4O+. The summed E-state index contributed by atoms with van der Waals surface area (Å²) in [6, 6.07) is 9.59. The Hall–Kier alpha value is -2.17. The summed E-state index contributed by atoms with van der Waals surface area (Å²) in [5.41, 5.74) is 3.95. The van der Waals surface area contributed by atoms with Crippen LogP contribution in [0.3, 0.4) is 0 Å². The quantitative estimate of drug-likeness (QED) is 0.776. The number of para-hydroxylation sites is 1. The highest BCUT2D eigenvalue weighted by Crippen LogP contribution is 2.16. The van der Waals surface area contributed by atoms with Gasteiger partial charge in [-0.25, -0.2) is 5.01 Å². The lowest BCUT2D eigenvalue weighted by molar-refractivity contribution is -0.458. The van der Waals surface area contributed by atoms with Crippen molar-refractivity contribution >= 4 is 23.3 Å². The summed E-state index contributed by atoms with van der Waals surface area (Å²) in [7, 11) is 0. The fraction of sp³-hybridized carbons (Fsp3) is 0.400. The highest BCUT2D eigenvalue weighted by Gasteiger charge is 2.30. The minimum atomic E-state index is 0.0316. The molecule has 0 radical (unpaired) electrons. The molecule has 2 aliphatic heterocycles. The molecule has 1 aromatic carbocycles. The van der Waals surface area contributed by atoms with E-state index in [1.165, 1.54) is 12.8 Å². The van der Waals surface area contributed by atoms with Crippen LogP contribution in [0, 0.1) is 0 Å². The average molecular weight is 271 g/mol. The van der Waals surface area contributed by atoms with Gasteiger partial charge >= 0.3 is 0 Å². The molecule has 0 spiro atoms. The standard InChI is InChI=1S/C15H18N4O/c20-15-11-14(17-13-9-5-2-6-10-16-13)18-19(15)12-7-3-1-4-8-12/h1,3-4,7-8H,2,5-6,9-11H2,(H,16,17,18)/p+1. The first-order valence-corrected chi connectivity index (χ1v) is 7.15. The number of carbonyl (C=O) groups excluding carboxylic acids is 1. The third kappa shape index (κ3) is 2.87. The maximum absolute atomic E-state index is 12.0. The summed E-state index contributed by atoms with van der Waals surface area (Å²) >= 11 is 0. The Kier molecular flexibility index (Phi) is 3.76. The molecule has 104 valence electrons. The van der Waals surface area contributed by atoms with E-state index < -0.39 is 0 Å². The van der Waals surface area contributed by atoms with Crippen LogP contribution in [0.15, 0.2) is 35.3 Å². The van der Waals surface area contributed by atoms with Crippen molar-refractivity contribution in [2.75, 3.05) is 11.6 Å². The molecule has 2 N–H and O–H groups in total. The van der Waals surface area contributed by atoms with Crippen LogP contribution in [0.5, 0.6) is 0 Å². The second kappa shape index (κ2) is 5.86. The zero-order chi connectivity index (χ0) is 13.8. The minimum absolute atomic E-state index is 0.0316. The third-order valence-electron chi connectivity index (χ3n) is 3.51. The maximum atomic E-state index is 12.0. The number of anilines is 1. The Morgan fingerprint density at radius 1 is 1.15 bits per heavy atom. The topological polar surface area (TPSA) is 58.7 Å². The molecule has 0 atom stereocenters. The first-order chi connectivity index (χ1) is 9.83. The highest BCUT2D eigenvalue weighted by atomic mass is 16.2. The van der Waals surface area contributed by atoms with Gasteiger partial charge in [0.2, 0.25) is 5.84 Å². The van der Waals surface area contributed by atoms with Gasteiger partial charge in [-0.15, -0.1) is 0 Å². The van der Waals surface area contributed by atoms with Gasteiger partial charge in [-0.2, -0.15) is 0 Å². The number of amidine groups is 2. The van der Waals surface area contributed by atoms with Gasteiger partial charge in [0, 0.05) is 0 Å². The Labute approximate surface area is 118 Å². The van der Waals surface area contributed by atoms with Crippen LogP contribution < -0.4 is 15.4 Å². The normalized spacial score (nSPS) is 21.6. The van der Waals surface area contributed by atoms with Crippen LogP contribution in [-0.4, -0.2) is 24.1 Å². The van der Waals surface area contributed by atoms with E-state index in [2.05, 4.69) is 15.4 Å². The lowest BCUT2D eigenvalue weighted by Crippen LogP contribution is -2.72. The number of aliphatic imine (C=N–C) groups is 1. The summed E-state index contributed by atoms with van der Waals surface area (Å²) in [6.45, 7) is 0.975. The van der Waals surface area contributed by atoms with Gasteiger partial charge in [0.05, 0.1) is 18.7 Å². The van der Waals surface area contributed by atoms with Crippen molar-refractivity contribution < 1.29 is 9.79 Å². The van der Waals surface area contributed by atoms with E-state index in [1.54, 1.807) is 5.01 Å². The van der Waals surface area contributed by atoms with E-state index in [0.717, 1.165) is 36.7 Å². The van der Waals surface area contributed by atoms with Crippen molar-refractivity contribution in [1.29, 1.82) is 0 Å². The largest absolute Gasteiger partial charge is 0.293 e. The smallest absolute Gasteiger partial charge is 0.275 e. The van der Waals surface area contributed by atoms with E-state index in [0.29, 0.717) is 6.42 Å². The van der Waals surface area contributed by atoms with Crippen LogP contribution >= 0.6 is 0 Å². The van der Waals surface area contributed by atoms with Gasteiger partial charge < -0.3 is 0 Å². The number of hydrazine groups is 1. The van der Waals surface area contributed by atoms with Crippen LogP contribution in [-0.2, 0) is 4.79 Å². The number of nitrogens with one attached hydrogen (secondary N) is 2. The molecule has 2 aliphatic rings. The van der Waals surface area contributed by atoms with Crippen LogP contribution in [0.4, 0.5) is 5.69 Å². The van der Waals surface area contributed by atoms with Crippen LogP contribution in [0.25, 0.3) is 0 Å². The summed E-state index contributed by atoms with van der Waals surface area (Å²) < 4.78 is 0. The molecule has 5 nitrogen and oxygen atoms in total. The van der Waals surface area contributed by atoms with Crippen molar-refractivity contribution in [3.05, 3.63) is 30.3 Å². The summed E-state index contributed by atoms with van der Waals surface area (Å²) in [5, 5.41) is 1.57. The molecule has 0 saturated carbocycles. The molecule has 20 heavy (non-hydrogen) atoms. The van der Waals surface area contributed by atoms with Crippen molar-refractivity contribution in [3.8, 4) is 0 Å². The fourth-order valence-corrected chi connectivity index (χ4v) is 2.48. The first-order valence-electron chi connectivity index (χ1n) is 7.15. The molecule has 1 amide bonds. The van der Waals surface area contributed by atoms with Crippen molar-refractivity contribution in [2.24, 2.45) is 4.99 Å². The maximum Gasteiger partial charge on any atom is 0.293 e. The average Bonchev–Trinajstić information content (AvgIpc) is 2.67. The van der Waals surface area contributed by atoms with Gasteiger partial charge in [0.15, 0.2) is 0 Å². The molecule has 3 rings (SSSR count). The molecule has 1 fully saturated rings. The number of hydrogen-bond acceptors (Lipinski definition) is 2. The molecule has 0 aliphatic carbocycles. The Morgan fingerprint density at radius 3 is 2.85 bits per heavy atom. The molecular weight excluding hydrogens is 252 g/mol. The van der Waals surface area contributed by atoms with Gasteiger partial charge in [0.1, 0.15) is 6.42 Å². The summed E-state index contributed by atoms with van der Waals surface area (Å²) in [5.74, 6) is 1.75. The van der Waals surface area contributed by atoms with E-state index in [9.17, 15) is 4.79 Å².